The number of hydrogen-bond acceptors (Lipinski definition) is 6. The van der Waals surface area contributed by atoms with Crippen molar-refractivity contribution in [2.45, 2.75) is 56.9 Å². The van der Waals surface area contributed by atoms with Crippen LogP contribution in [-0.4, -0.2) is 82.8 Å². The highest BCUT2D eigenvalue weighted by Gasteiger charge is 2.71. The topological polar surface area (TPSA) is 96.4 Å². The summed E-state index contributed by atoms with van der Waals surface area (Å²) in [5, 5.41) is 9.34. The molecular formula is C22H30N2O6. The van der Waals surface area contributed by atoms with Gasteiger partial charge in [0.15, 0.2) is 0 Å². The quantitative estimate of drug-likeness (QED) is 0.532. The summed E-state index contributed by atoms with van der Waals surface area (Å²) in [5.41, 5.74) is -1.22. The molecule has 2 fully saturated rings. The first kappa shape index (κ1) is 21.1. The van der Waals surface area contributed by atoms with Crippen molar-refractivity contribution < 1.29 is 29.0 Å². The van der Waals surface area contributed by atoms with Crippen molar-refractivity contribution in [1.82, 2.24) is 9.80 Å². The van der Waals surface area contributed by atoms with Crippen molar-refractivity contribution >= 4 is 17.8 Å². The van der Waals surface area contributed by atoms with E-state index in [1.165, 1.54) is 4.90 Å². The Morgan fingerprint density at radius 1 is 1.23 bits per heavy atom. The summed E-state index contributed by atoms with van der Waals surface area (Å²) in [5.74, 6) is -2.54. The normalized spacial score (nSPS) is 37.1. The van der Waals surface area contributed by atoms with Crippen LogP contribution in [0.25, 0.3) is 0 Å². The van der Waals surface area contributed by atoms with Crippen LogP contribution in [0.2, 0.25) is 0 Å². The van der Waals surface area contributed by atoms with Crippen molar-refractivity contribution in [3.8, 4) is 0 Å². The molecule has 1 N–H and O–H groups in total. The Balaban J connectivity index is 1.81. The Hall–Kier alpha value is -2.19. The van der Waals surface area contributed by atoms with E-state index >= 15 is 0 Å². The Kier molecular flexibility index (Phi) is 5.72. The van der Waals surface area contributed by atoms with Crippen molar-refractivity contribution in [2.75, 3.05) is 26.3 Å². The zero-order valence-electron chi connectivity index (χ0n) is 17.5. The van der Waals surface area contributed by atoms with Gasteiger partial charge in [-0.05, 0) is 33.1 Å². The van der Waals surface area contributed by atoms with Crippen molar-refractivity contribution in [3.05, 3.63) is 24.3 Å². The van der Waals surface area contributed by atoms with E-state index in [2.05, 4.69) is 0 Å². The van der Waals surface area contributed by atoms with Crippen LogP contribution in [0, 0.1) is 11.8 Å². The van der Waals surface area contributed by atoms with E-state index in [1.807, 2.05) is 38.2 Å². The lowest BCUT2D eigenvalue weighted by Crippen LogP contribution is -2.56. The third kappa shape index (κ3) is 3.17. The number of cyclic esters (lactones) is 1. The van der Waals surface area contributed by atoms with Crippen molar-refractivity contribution in [1.29, 1.82) is 0 Å². The predicted octanol–water partition coefficient (Wildman–Crippen LogP) is 0.650. The van der Waals surface area contributed by atoms with E-state index < -0.39 is 35.6 Å². The number of ether oxygens (including phenoxy) is 2. The zero-order valence-corrected chi connectivity index (χ0v) is 17.5. The minimum absolute atomic E-state index is 0.0467. The Labute approximate surface area is 176 Å². The monoisotopic (exact) mass is 418 g/mol. The van der Waals surface area contributed by atoms with Gasteiger partial charge in [0.1, 0.15) is 17.6 Å². The van der Waals surface area contributed by atoms with Gasteiger partial charge in [-0.3, -0.25) is 14.4 Å². The highest BCUT2D eigenvalue weighted by molar-refractivity contribution is 5.99. The lowest BCUT2D eigenvalue weighted by Gasteiger charge is -2.36. The number of allylic oxidation sites excluding steroid dienone is 1. The zero-order chi connectivity index (χ0) is 21.5. The van der Waals surface area contributed by atoms with Gasteiger partial charge in [-0.1, -0.05) is 24.3 Å². The van der Waals surface area contributed by atoms with Gasteiger partial charge < -0.3 is 24.4 Å². The van der Waals surface area contributed by atoms with Crippen LogP contribution >= 0.6 is 0 Å². The van der Waals surface area contributed by atoms with E-state index in [4.69, 9.17) is 9.47 Å². The molecule has 4 aliphatic rings. The van der Waals surface area contributed by atoms with Gasteiger partial charge in [-0.15, -0.1) is 0 Å². The van der Waals surface area contributed by atoms with Crippen molar-refractivity contribution in [3.63, 3.8) is 0 Å². The fourth-order valence-corrected chi connectivity index (χ4v) is 5.22. The molecule has 4 aliphatic heterocycles. The van der Waals surface area contributed by atoms with Gasteiger partial charge in [0.05, 0.1) is 18.6 Å². The van der Waals surface area contributed by atoms with Crippen LogP contribution in [0.3, 0.4) is 0 Å². The van der Waals surface area contributed by atoms with Crippen LogP contribution in [0.15, 0.2) is 24.3 Å². The van der Waals surface area contributed by atoms with E-state index in [9.17, 15) is 19.5 Å². The highest BCUT2D eigenvalue weighted by Crippen LogP contribution is 2.53. The predicted molar refractivity (Wildman–Crippen MR) is 107 cm³/mol. The molecule has 0 saturated carbocycles. The first-order chi connectivity index (χ1) is 14.4. The Morgan fingerprint density at radius 3 is 2.77 bits per heavy atom. The molecule has 0 radical (unpaired) electrons. The molecule has 30 heavy (non-hydrogen) atoms. The number of carbonyl (C=O) groups is 3. The van der Waals surface area contributed by atoms with Crippen LogP contribution in [0.1, 0.15) is 33.1 Å². The second-order valence-electron chi connectivity index (χ2n) is 8.68. The number of likely N-dealkylation sites (tertiary alicyclic amines) is 1. The SMILES string of the molecule is CC(C)N1CC=C[C@]23O[C@@H]4/C=C\CCCOC(=O)[C@@H]4[C@H]2C(=O)N(CCCO)C3C1=O. The maximum Gasteiger partial charge on any atom is 0.312 e. The largest absolute Gasteiger partial charge is 0.465 e. The maximum absolute atomic E-state index is 13.6. The van der Waals surface area contributed by atoms with Crippen LogP contribution in [0.4, 0.5) is 0 Å². The molecule has 1 spiro atoms. The number of amides is 2. The second-order valence-corrected chi connectivity index (χ2v) is 8.68. The number of aliphatic hydroxyl groups is 1. The summed E-state index contributed by atoms with van der Waals surface area (Å²) >= 11 is 0. The van der Waals surface area contributed by atoms with Crippen LogP contribution < -0.4 is 0 Å². The molecule has 4 heterocycles. The standard InChI is InChI=1S/C22H30N2O6/c1-14(2)23-10-6-9-22-17(19(26)24(11-7-12-25)18(22)20(23)27)16-15(30-22)8-4-3-5-13-29-21(16)28/h4,6,8-9,14-18,25H,3,5,7,10-13H2,1-2H3/b8-4-/t15-,16+,17+,18?,22+/m1/s1. The van der Waals surface area contributed by atoms with Crippen LogP contribution in [0.5, 0.6) is 0 Å². The molecule has 5 atom stereocenters. The summed E-state index contributed by atoms with van der Waals surface area (Å²) < 4.78 is 11.9. The second kappa shape index (κ2) is 8.15. The summed E-state index contributed by atoms with van der Waals surface area (Å²) in [6, 6.07) is -0.908. The fraction of sp³-hybridized carbons (Fsp3) is 0.682. The molecule has 4 rings (SSSR count). The molecule has 0 aromatic heterocycles. The average Bonchev–Trinajstić information content (AvgIpc) is 3.11. The molecule has 0 aliphatic carbocycles. The number of rotatable bonds is 4. The number of esters is 1. The van der Waals surface area contributed by atoms with Gasteiger partial charge in [-0.25, -0.2) is 0 Å². The summed E-state index contributed by atoms with van der Waals surface area (Å²) in [6.45, 7) is 4.72. The molecule has 8 nitrogen and oxygen atoms in total. The van der Waals surface area contributed by atoms with Gasteiger partial charge in [-0.2, -0.15) is 0 Å². The molecule has 1 unspecified atom stereocenters. The molecular weight excluding hydrogens is 388 g/mol. The molecule has 0 aromatic carbocycles. The molecule has 0 aromatic rings. The Bertz CT molecular complexity index is 778. The summed E-state index contributed by atoms with van der Waals surface area (Å²) in [4.78, 5) is 43.4. The van der Waals surface area contributed by atoms with E-state index in [0.29, 0.717) is 19.6 Å². The van der Waals surface area contributed by atoms with Gasteiger partial charge in [0.25, 0.3) is 0 Å². The smallest absolute Gasteiger partial charge is 0.312 e. The average molecular weight is 418 g/mol. The lowest BCUT2D eigenvalue weighted by atomic mass is 9.78. The maximum atomic E-state index is 13.6. The molecule has 0 bridgehead atoms. The van der Waals surface area contributed by atoms with Gasteiger partial charge in [0, 0.05) is 25.7 Å². The molecule has 8 heteroatoms. The van der Waals surface area contributed by atoms with E-state index in [-0.39, 0.29) is 31.0 Å². The number of aliphatic hydroxyl groups excluding tert-OH is 1. The number of carbonyl (C=O) groups excluding carboxylic acids is 3. The first-order valence-corrected chi connectivity index (χ1v) is 10.8. The third-order valence-corrected chi connectivity index (χ3v) is 6.56. The Morgan fingerprint density at radius 2 is 2.03 bits per heavy atom. The van der Waals surface area contributed by atoms with Gasteiger partial charge >= 0.3 is 5.97 Å². The fourth-order valence-electron chi connectivity index (χ4n) is 5.22. The third-order valence-electron chi connectivity index (χ3n) is 6.56. The first-order valence-electron chi connectivity index (χ1n) is 10.8. The number of nitrogens with zero attached hydrogens (tertiary/aromatic N) is 2. The summed E-state index contributed by atoms with van der Waals surface area (Å²) in [6.07, 6.45) is 8.70. The summed E-state index contributed by atoms with van der Waals surface area (Å²) in [7, 11) is 0. The van der Waals surface area contributed by atoms with Crippen molar-refractivity contribution in [2.24, 2.45) is 11.8 Å². The molecule has 2 amide bonds. The minimum Gasteiger partial charge on any atom is -0.465 e. The van der Waals surface area contributed by atoms with Gasteiger partial charge in [0.2, 0.25) is 11.8 Å². The lowest BCUT2D eigenvalue weighted by molar-refractivity contribution is -0.155. The molecule has 164 valence electrons. The van der Waals surface area contributed by atoms with E-state index in [1.54, 1.807) is 4.90 Å². The minimum atomic E-state index is -1.22. The van der Waals surface area contributed by atoms with E-state index in [0.717, 1.165) is 12.8 Å². The molecule has 2 saturated heterocycles. The highest BCUT2D eigenvalue weighted by atomic mass is 16.6. The van der Waals surface area contributed by atoms with Crippen LogP contribution in [-0.2, 0) is 23.9 Å². The number of fused-ring (bicyclic) bond motifs is 2. The number of hydrogen-bond donors (Lipinski definition) is 1.